The summed E-state index contributed by atoms with van der Waals surface area (Å²) >= 11 is 0. The van der Waals surface area contributed by atoms with Crippen LogP contribution in [0.5, 0.6) is 23.0 Å². The second-order valence-corrected chi connectivity index (χ2v) is 13.5. The van der Waals surface area contributed by atoms with Crippen LogP contribution >= 0.6 is 7.92 Å². The molecule has 2 aliphatic rings. The molecule has 1 atom stereocenters. The van der Waals surface area contributed by atoms with Crippen LogP contribution in [0.4, 0.5) is 0 Å². The summed E-state index contributed by atoms with van der Waals surface area (Å²) in [6, 6.07) is 52.0. The molecular weight excluding hydrogens is 555 g/mol. The zero-order valence-corrected chi connectivity index (χ0v) is 25.0. The maximum absolute atomic E-state index is 6.98. The molecule has 0 N–H and O–H groups in total. The van der Waals surface area contributed by atoms with Crippen LogP contribution in [0.1, 0.15) is 5.56 Å². The molecule has 208 valence electrons. The molecule has 0 amide bonds. The van der Waals surface area contributed by atoms with Crippen LogP contribution in [0.25, 0.3) is 44.2 Å². The molecule has 0 fully saturated rings. The third-order valence-electron chi connectivity index (χ3n) is 8.65. The molecule has 0 aliphatic carbocycles. The Hall–Kier alpha value is -5.17. The van der Waals surface area contributed by atoms with Crippen LogP contribution in [0.15, 0.2) is 146 Å². The molecular formula is C41H27O2P. The highest BCUT2D eigenvalue weighted by atomic mass is 31.1. The Morgan fingerprint density at radius 1 is 0.455 bits per heavy atom. The van der Waals surface area contributed by atoms with Crippen molar-refractivity contribution in [1.82, 2.24) is 0 Å². The number of hydrogen-bond donors (Lipinski definition) is 0. The van der Waals surface area contributed by atoms with E-state index in [1.165, 1.54) is 49.2 Å². The van der Waals surface area contributed by atoms with E-state index >= 15 is 0 Å². The van der Waals surface area contributed by atoms with Crippen molar-refractivity contribution >= 4 is 34.6 Å². The molecule has 2 aliphatic heterocycles. The molecule has 3 heteroatoms. The highest BCUT2D eigenvalue weighted by Crippen LogP contribution is 2.56. The van der Waals surface area contributed by atoms with Gasteiger partial charge in [-0.2, -0.15) is 0 Å². The largest absolute Gasteiger partial charge is 0.456 e. The Kier molecular flexibility index (Phi) is 5.73. The van der Waals surface area contributed by atoms with E-state index in [2.05, 4.69) is 153 Å². The topological polar surface area (TPSA) is 18.5 Å². The summed E-state index contributed by atoms with van der Waals surface area (Å²) in [5.74, 6) is 3.65. The number of benzene rings is 7. The summed E-state index contributed by atoms with van der Waals surface area (Å²) in [6.45, 7) is 2.12. The number of fused-ring (bicyclic) bond motifs is 6. The first-order chi connectivity index (χ1) is 21.7. The van der Waals surface area contributed by atoms with E-state index in [1.54, 1.807) is 0 Å². The molecule has 2 nitrogen and oxygen atoms in total. The minimum Gasteiger partial charge on any atom is -0.456 e. The van der Waals surface area contributed by atoms with E-state index in [9.17, 15) is 0 Å². The molecule has 0 spiro atoms. The first kappa shape index (κ1) is 25.3. The minimum atomic E-state index is -0.923. The van der Waals surface area contributed by atoms with Crippen molar-refractivity contribution in [2.24, 2.45) is 0 Å². The summed E-state index contributed by atoms with van der Waals surface area (Å²) in [5, 5.41) is 6.12. The van der Waals surface area contributed by atoms with Crippen molar-refractivity contribution in [3.05, 3.63) is 151 Å². The lowest BCUT2D eigenvalue weighted by atomic mass is 9.93. The predicted molar refractivity (Wildman–Crippen MR) is 184 cm³/mol. The van der Waals surface area contributed by atoms with Gasteiger partial charge in [0.2, 0.25) is 0 Å². The van der Waals surface area contributed by atoms with E-state index in [1.807, 2.05) is 0 Å². The Labute approximate surface area is 257 Å². The average molecular weight is 583 g/mol. The first-order valence-electron chi connectivity index (χ1n) is 14.9. The van der Waals surface area contributed by atoms with Gasteiger partial charge < -0.3 is 9.47 Å². The monoisotopic (exact) mass is 582 g/mol. The third kappa shape index (κ3) is 3.99. The van der Waals surface area contributed by atoms with E-state index < -0.39 is 7.92 Å². The Morgan fingerprint density at radius 2 is 1.09 bits per heavy atom. The molecule has 0 saturated carbocycles. The quantitative estimate of drug-likeness (QED) is 0.193. The molecule has 7 aromatic carbocycles. The van der Waals surface area contributed by atoms with E-state index in [0.717, 1.165) is 39.4 Å². The third-order valence-corrected chi connectivity index (χ3v) is 11.3. The highest BCUT2D eigenvalue weighted by molar-refractivity contribution is 7.81. The van der Waals surface area contributed by atoms with Gasteiger partial charge >= 0.3 is 0 Å². The molecule has 0 radical (unpaired) electrons. The molecule has 1 unspecified atom stereocenters. The summed E-state index contributed by atoms with van der Waals surface area (Å²) in [7, 11) is -0.923. The summed E-state index contributed by atoms with van der Waals surface area (Å²) < 4.78 is 13.6. The van der Waals surface area contributed by atoms with Crippen LogP contribution in [-0.4, -0.2) is 0 Å². The molecule has 44 heavy (non-hydrogen) atoms. The van der Waals surface area contributed by atoms with Crippen LogP contribution < -0.4 is 25.4 Å². The lowest BCUT2D eigenvalue weighted by Crippen LogP contribution is -2.32. The summed E-state index contributed by atoms with van der Waals surface area (Å²) in [6.07, 6.45) is 0. The van der Waals surface area contributed by atoms with Gasteiger partial charge in [0, 0.05) is 24.1 Å². The van der Waals surface area contributed by atoms with Crippen LogP contribution in [0, 0.1) is 6.92 Å². The molecule has 0 bridgehead atoms. The number of rotatable bonds is 3. The van der Waals surface area contributed by atoms with Crippen LogP contribution in [-0.2, 0) is 0 Å². The van der Waals surface area contributed by atoms with Gasteiger partial charge in [-0.05, 0) is 99.6 Å². The van der Waals surface area contributed by atoms with Crippen molar-refractivity contribution < 1.29 is 9.47 Å². The molecule has 0 aromatic heterocycles. The summed E-state index contributed by atoms with van der Waals surface area (Å²) in [5.41, 5.74) is 8.11. The van der Waals surface area contributed by atoms with Crippen molar-refractivity contribution in [1.29, 1.82) is 0 Å². The first-order valence-corrected chi connectivity index (χ1v) is 16.3. The van der Waals surface area contributed by atoms with Crippen molar-refractivity contribution in [2.75, 3.05) is 0 Å². The maximum atomic E-state index is 6.98. The number of hydrogen-bond acceptors (Lipinski definition) is 2. The maximum Gasteiger partial charge on any atom is 0.147 e. The second kappa shape index (κ2) is 9.95. The highest BCUT2D eigenvalue weighted by Gasteiger charge is 2.39. The van der Waals surface area contributed by atoms with Crippen molar-refractivity contribution in [3.63, 3.8) is 0 Å². The fraction of sp³-hybridized carbons (Fsp3) is 0.0244. The normalized spacial score (nSPS) is 14.2. The average Bonchev–Trinajstić information content (AvgIpc) is 3.08. The second-order valence-electron chi connectivity index (χ2n) is 11.5. The van der Waals surface area contributed by atoms with Crippen molar-refractivity contribution in [3.8, 4) is 56.4 Å². The summed E-state index contributed by atoms with van der Waals surface area (Å²) in [4.78, 5) is 0. The SMILES string of the molecule is Cc1ccc2c(c1)Oc1ccc(-c3cc(-c4ccccc4)cc(-c4ccccc4)c3)c3c1P2c1c(ccc2ccccc12)O3. The zero-order chi connectivity index (χ0) is 29.2. The predicted octanol–water partition coefficient (Wildman–Crippen LogP) is 10.1. The van der Waals surface area contributed by atoms with E-state index in [4.69, 9.17) is 9.47 Å². The minimum absolute atomic E-state index is 0.883. The smallest absolute Gasteiger partial charge is 0.147 e. The van der Waals surface area contributed by atoms with Gasteiger partial charge in [-0.3, -0.25) is 0 Å². The van der Waals surface area contributed by atoms with Gasteiger partial charge in [0.1, 0.15) is 23.0 Å². The van der Waals surface area contributed by atoms with Gasteiger partial charge in [0.15, 0.2) is 0 Å². The van der Waals surface area contributed by atoms with Gasteiger partial charge in [0.25, 0.3) is 0 Å². The number of aryl methyl sites for hydroxylation is 1. The van der Waals surface area contributed by atoms with E-state index in [0.29, 0.717) is 0 Å². The Bertz CT molecular complexity index is 2180. The van der Waals surface area contributed by atoms with Gasteiger partial charge in [-0.15, -0.1) is 0 Å². The molecule has 9 rings (SSSR count). The fourth-order valence-electron chi connectivity index (χ4n) is 6.57. The fourth-order valence-corrected chi connectivity index (χ4v) is 9.33. The number of ether oxygens (including phenoxy) is 2. The lowest BCUT2D eigenvalue weighted by Gasteiger charge is -2.36. The molecule has 0 saturated heterocycles. The Balaban J connectivity index is 1.32. The van der Waals surface area contributed by atoms with Gasteiger partial charge in [-0.25, -0.2) is 0 Å². The van der Waals surface area contributed by atoms with Gasteiger partial charge in [0.05, 0.1) is 5.30 Å². The van der Waals surface area contributed by atoms with Crippen LogP contribution in [0.3, 0.4) is 0 Å². The zero-order valence-electron chi connectivity index (χ0n) is 24.1. The van der Waals surface area contributed by atoms with Crippen molar-refractivity contribution in [2.45, 2.75) is 6.92 Å². The standard InChI is InChI=1S/C41H27O2P/c1-26-16-21-38-37(22-26)42-36-20-18-33(39-41(36)44(38)40-34-15-9-8-14-29(34)17-19-35(40)43-39)32-24-30(27-10-4-2-5-11-27)23-31(25-32)28-12-6-3-7-13-28/h2-25H,1H3. The van der Waals surface area contributed by atoms with Gasteiger partial charge in [-0.1, -0.05) is 97.1 Å². The van der Waals surface area contributed by atoms with Crippen LogP contribution in [0.2, 0.25) is 0 Å². The Morgan fingerprint density at radius 3 is 1.84 bits per heavy atom. The molecule has 2 heterocycles. The van der Waals surface area contributed by atoms with E-state index in [-0.39, 0.29) is 0 Å². The lowest BCUT2D eigenvalue weighted by molar-refractivity contribution is 0.468. The molecule has 7 aromatic rings.